The van der Waals surface area contributed by atoms with Crippen LogP contribution in [-0.4, -0.2) is 19.1 Å². The molecule has 2 aromatic rings. The second-order valence-electron chi connectivity index (χ2n) is 3.05. The van der Waals surface area contributed by atoms with Gasteiger partial charge in [0.1, 0.15) is 10.8 Å². The molecule has 0 saturated heterocycles. The maximum Gasteiger partial charge on any atom is 0.230 e. The Morgan fingerprint density at radius 3 is 3.00 bits per heavy atom. The van der Waals surface area contributed by atoms with Gasteiger partial charge in [0.2, 0.25) is 5.13 Å². The van der Waals surface area contributed by atoms with Gasteiger partial charge in [0, 0.05) is 18.0 Å². The van der Waals surface area contributed by atoms with Crippen molar-refractivity contribution < 1.29 is 0 Å². The Hall–Kier alpha value is -1.14. The molecule has 0 radical (unpaired) electrons. The molecule has 5 nitrogen and oxygen atoms in total. The minimum Gasteiger partial charge on any atom is -0.381 e. The summed E-state index contributed by atoms with van der Waals surface area (Å²) in [7, 11) is 0. The summed E-state index contributed by atoms with van der Waals surface area (Å²) in [5.74, 6) is 1.15. The van der Waals surface area contributed by atoms with E-state index in [0.717, 1.165) is 18.7 Å². The standard InChI is InChI=1S/C8H10ClN5S/c1-2-3-6-11-8(15-13-6)14-4-5(9)7(10)12-14/h4H,2-3H2,1H3,(H2,10,12). The van der Waals surface area contributed by atoms with Crippen molar-refractivity contribution in [1.82, 2.24) is 19.1 Å². The molecule has 0 amide bonds. The summed E-state index contributed by atoms with van der Waals surface area (Å²) in [6.45, 7) is 2.09. The normalized spacial score (nSPS) is 10.8. The Balaban J connectivity index is 2.28. The predicted octanol–water partition coefficient (Wildman–Crippen LogP) is 1.91. The lowest BCUT2D eigenvalue weighted by atomic mass is 10.3. The van der Waals surface area contributed by atoms with Crippen LogP contribution in [0.4, 0.5) is 5.82 Å². The summed E-state index contributed by atoms with van der Waals surface area (Å²) >= 11 is 7.09. The number of nitrogen functional groups attached to an aromatic ring is 1. The number of hydrogen-bond acceptors (Lipinski definition) is 5. The largest absolute Gasteiger partial charge is 0.381 e. The average Bonchev–Trinajstić information content (AvgIpc) is 2.76. The van der Waals surface area contributed by atoms with Crippen LogP contribution in [0.5, 0.6) is 0 Å². The van der Waals surface area contributed by atoms with Gasteiger partial charge in [0.25, 0.3) is 0 Å². The van der Waals surface area contributed by atoms with Crippen molar-refractivity contribution >= 4 is 29.0 Å². The van der Waals surface area contributed by atoms with Gasteiger partial charge in [-0.1, -0.05) is 18.5 Å². The first-order valence-electron chi connectivity index (χ1n) is 4.54. The van der Waals surface area contributed by atoms with E-state index in [1.165, 1.54) is 11.5 Å². The van der Waals surface area contributed by atoms with E-state index in [0.29, 0.717) is 16.0 Å². The molecule has 0 atom stereocenters. The molecule has 80 valence electrons. The van der Waals surface area contributed by atoms with Gasteiger partial charge in [-0.05, 0) is 6.42 Å². The Morgan fingerprint density at radius 1 is 1.60 bits per heavy atom. The first-order valence-corrected chi connectivity index (χ1v) is 5.69. The summed E-state index contributed by atoms with van der Waals surface area (Å²) < 4.78 is 5.76. The van der Waals surface area contributed by atoms with Crippen molar-refractivity contribution in [2.75, 3.05) is 5.73 Å². The highest BCUT2D eigenvalue weighted by molar-refractivity contribution is 7.08. The molecule has 2 N–H and O–H groups in total. The molecule has 0 spiro atoms. The number of nitrogens with two attached hydrogens (primary N) is 1. The minimum absolute atomic E-state index is 0.309. The van der Waals surface area contributed by atoms with Crippen molar-refractivity contribution in [1.29, 1.82) is 0 Å². The van der Waals surface area contributed by atoms with Gasteiger partial charge < -0.3 is 5.73 Å². The Morgan fingerprint density at radius 2 is 2.40 bits per heavy atom. The molecule has 0 aliphatic carbocycles. The summed E-state index contributed by atoms with van der Waals surface area (Å²) in [5.41, 5.74) is 5.54. The highest BCUT2D eigenvalue weighted by Gasteiger charge is 2.09. The zero-order valence-corrected chi connectivity index (χ0v) is 9.72. The minimum atomic E-state index is 0.309. The fourth-order valence-electron chi connectivity index (χ4n) is 1.13. The number of hydrogen-bond donors (Lipinski definition) is 1. The van der Waals surface area contributed by atoms with Crippen molar-refractivity contribution in [3.05, 3.63) is 17.0 Å². The highest BCUT2D eigenvalue weighted by Crippen LogP contribution is 2.19. The highest BCUT2D eigenvalue weighted by atomic mass is 35.5. The van der Waals surface area contributed by atoms with Crippen LogP contribution in [0.25, 0.3) is 5.13 Å². The number of anilines is 1. The van der Waals surface area contributed by atoms with Gasteiger partial charge in [-0.3, -0.25) is 0 Å². The summed E-state index contributed by atoms with van der Waals surface area (Å²) in [6, 6.07) is 0. The number of nitrogens with zero attached hydrogens (tertiary/aromatic N) is 4. The third kappa shape index (κ3) is 2.10. The van der Waals surface area contributed by atoms with E-state index in [1.807, 2.05) is 0 Å². The van der Waals surface area contributed by atoms with Crippen molar-refractivity contribution in [3.8, 4) is 5.13 Å². The molecule has 0 bridgehead atoms. The van der Waals surface area contributed by atoms with Crippen molar-refractivity contribution in [2.24, 2.45) is 0 Å². The van der Waals surface area contributed by atoms with Crippen molar-refractivity contribution in [2.45, 2.75) is 19.8 Å². The molecule has 0 aliphatic heterocycles. The molecule has 7 heteroatoms. The zero-order chi connectivity index (χ0) is 10.8. The van der Waals surface area contributed by atoms with E-state index in [2.05, 4.69) is 21.4 Å². The third-order valence-corrected chi connectivity index (χ3v) is 2.86. The summed E-state index contributed by atoms with van der Waals surface area (Å²) in [5, 5.41) is 5.15. The van der Waals surface area contributed by atoms with Crippen LogP contribution in [-0.2, 0) is 6.42 Å². The number of halogens is 1. The predicted molar refractivity (Wildman–Crippen MR) is 60.4 cm³/mol. The SMILES string of the molecule is CCCc1nsc(-n2cc(Cl)c(N)n2)n1. The molecule has 0 fully saturated rings. The lowest BCUT2D eigenvalue weighted by Gasteiger charge is -1.90. The Bertz CT molecular complexity index is 444. The molecular weight excluding hydrogens is 234 g/mol. The smallest absolute Gasteiger partial charge is 0.230 e. The van der Waals surface area contributed by atoms with Gasteiger partial charge in [-0.15, -0.1) is 5.10 Å². The van der Waals surface area contributed by atoms with Gasteiger partial charge in [-0.2, -0.15) is 4.37 Å². The second kappa shape index (κ2) is 4.16. The topological polar surface area (TPSA) is 69.6 Å². The molecule has 0 unspecified atom stereocenters. The van der Waals surface area contributed by atoms with Crippen molar-refractivity contribution in [3.63, 3.8) is 0 Å². The second-order valence-corrected chi connectivity index (χ2v) is 4.19. The number of rotatable bonds is 3. The average molecular weight is 244 g/mol. The molecule has 15 heavy (non-hydrogen) atoms. The number of aromatic nitrogens is 4. The first kappa shape index (κ1) is 10.4. The van der Waals surface area contributed by atoms with E-state index in [9.17, 15) is 0 Å². The lowest BCUT2D eigenvalue weighted by molar-refractivity contribution is 0.827. The van der Waals surface area contributed by atoms with E-state index < -0.39 is 0 Å². The molecule has 0 saturated carbocycles. The van der Waals surface area contributed by atoms with Crippen LogP contribution in [0.2, 0.25) is 5.02 Å². The summed E-state index contributed by atoms with van der Waals surface area (Å²) in [6.07, 6.45) is 3.53. The lowest BCUT2D eigenvalue weighted by Crippen LogP contribution is -1.96. The fourth-order valence-corrected chi connectivity index (χ4v) is 1.90. The fraction of sp³-hybridized carbons (Fsp3) is 0.375. The molecule has 2 rings (SSSR count). The third-order valence-electron chi connectivity index (χ3n) is 1.82. The van der Waals surface area contributed by atoms with E-state index in [4.69, 9.17) is 17.3 Å². The van der Waals surface area contributed by atoms with Crippen LogP contribution in [0, 0.1) is 0 Å². The van der Waals surface area contributed by atoms with Crippen LogP contribution in [0.3, 0.4) is 0 Å². The molecule has 0 aliphatic rings. The molecule has 0 aromatic carbocycles. The van der Waals surface area contributed by atoms with Gasteiger partial charge in [0.15, 0.2) is 5.82 Å². The molecule has 2 heterocycles. The molecule has 2 aromatic heterocycles. The monoisotopic (exact) mass is 243 g/mol. The van der Waals surface area contributed by atoms with Gasteiger partial charge in [-0.25, -0.2) is 9.67 Å². The Labute approximate surface area is 96.1 Å². The number of aryl methyl sites for hydroxylation is 1. The van der Waals surface area contributed by atoms with E-state index in [1.54, 1.807) is 10.9 Å². The zero-order valence-electron chi connectivity index (χ0n) is 8.14. The Kier molecular flexibility index (Phi) is 2.88. The maximum atomic E-state index is 5.80. The van der Waals surface area contributed by atoms with Gasteiger partial charge in [0.05, 0.1) is 6.20 Å². The van der Waals surface area contributed by atoms with E-state index >= 15 is 0 Å². The van der Waals surface area contributed by atoms with Crippen LogP contribution >= 0.6 is 23.1 Å². The van der Waals surface area contributed by atoms with Gasteiger partial charge >= 0.3 is 0 Å². The maximum absolute atomic E-state index is 5.80. The first-order chi connectivity index (χ1) is 7.20. The van der Waals surface area contributed by atoms with Crippen LogP contribution in [0.1, 0.15) is 19.2 Å². The quantitative estimate of drug-likeness (QED) is 0.894. The molecular formula is C8H10ClN5S. The summed E-state index contributed by atoms with van der Waals surface area (Å²) in [4.78, 5) is 4.32. The van der Waals surface area contributed by atoms with E-state index in [-0.39, 0.29) is 0 Å². The van der Waals surface area contributed by atoms with Crippen LogP contribution < -0.4 is 5.73 Å². The van der Waals surface area contributed by atoms with Crippen LogP contribution in [0.15, 0.2) is 6.20 Å².